The molecule has 0 heterocycles. The molecule has 0 aliphatic heterocycles. The molecule has 0 aliphatic rings. The van der Waals surface area contributed by atoms with Crippen molar-refractivity contribution in [3.63, 3.8) is 0 Å². The summed E-state index contributed by atoms with van der Waals surface area (Å²) in [7, 11) is 4.44. The molecule has 7 nitrogen and oxygen atoms in total. The standard InChI is InChI=1S/C16H24N2O5/c1-5-6-7-8-17-15(19)16(20)18-11-9-12(21-2)14(23-4)13(10-11)22-3/h9-10H,5-8H2,1-4H3,(H,17,19)(H,18,20). The number of amides is 2. The van der Waals surface area contributed by atoms with Gasteiger partial charge in [0.25, 0.3) is 0 Å². The van der Waals surface area contributed by atoms with Crippen LogP contribution in [0.1, 0.15) is 26.2 Å². The van der Waals surface area contributed by atoms with Gasteiger partial charge >= 0.3 is 11.8 Å². The van der Waals surface area contributed by atoms with E-state index in [4.69, 9.17) is 14.2 Å². The number of rotatable bonds is 8. The second-order valence-corrected chi connectivity index (χ2v) is 4.83. The number of nitrogens with one attached hydrogen (secondary N) is 2. The van der Waals surface area contributed by atoms with Gasteiger partial charge in [-0.05, 0) is 6.42 Å². The fourth-order valence-corrected chi connectivity index (χ4v) is 2.00. The number of benzene rings is 1. The molecule has 0 radical (unpaired) electrons. The average Bonchev–Trinajstić information content (AvgIpc) is 2.57. The molecule has 0 unspecified atom stereocenters. The summed E-state index contributed by atoms with van der Waals surface area (Å²) < 4.78 is 15.6. The summed E-state index contributed by atoms with van der Waals surface area (Å²) in [6.07, 6.45) is 2.90. The third-order valence-corrected chi connectivity index (χ3v) is 3.19. The Morgan fingerprint density at radius 3 is 2.04 bits per heavy atom. The van der Waals surface area contributed by atoms with Crippen molar-refractivity contribution in [2.24, 2.45) is 0 Å². The zero-order valence-corrected chi connectivity index (χ0v) is 14.0. The van der Waals surface area contributed by atoms with Crippen LogP contribution in [0.25, 0.3) is 0 Å². The van der Waals surface area contributed by atoms with Gasteiger partial charge in [-0.25, -0.2) is 0 Å². The molecule has 128 valence electrons. The first-order chi connectivity index (χ1) is 11.1. The molecule has 1 rings (SSSR count). The molecule has 0 aromatic heterocycles. The van der Waals surface area contributed by atoms with Gasteiger partial charge in [-0.3, -0.25) is 9.59 Å². The van der Waals surface area contributed by atoms with E-state index in [1.54, 1.807) is 12.1 Å². The van der Waals surface area contributed by atoms with Crippen LogP contribution in [0.2, 0.25) is 0 Å². The highest BCUT2D eigenvalue weighted by Crippen LogP contribution is 2.39. The minimum atomic E-state index is -0.740. The predicted octanol–water partition coefficient (Wildman–Crippen LogP) is 1.96. The van der Waals surface area contributed by atoms with Crippen molar-refractivity contribution in [3.05, 3.63) is 12.1 Å². The normalized spacial score (nSPS) is 9.91. The van der Waals surface area contributed by atoms with Gasteiger partial charge in [-0.15, -0.1) is 0 Å². The van der Waals surface area contributed by atoms with Gasteiger partial charge in [-0.1, -0.05) is 19.8 Å². The van der Waals surface area contributed by atoms with Crippen LogP contribution in [-0.4, -0.2) is 39.7 Å². The number of hydrogen-bond acceptors (Lipinski definition) is 5. The van der Waals surface area contributed by atoms with Crippen LogP contribution in [0.3, 0.4) is 0 Å². The van der Waals surface area contributed by atoms with Crippen LogP contribution in [0, 0.1) is 0 Å². The van der Waals surface area contributed by atoms with Crippen molar-refractivity contribution >= 4 is 17.5 Å². The number of methoxy groups -OCH3 is 3. The Labute approximate surface area is 136 Å². The third kappa shape index (κ3) is 5.36. The average molecular weight is 324 g/mol. The van der Waals surface area contributed by atoms with Crippen LogP contribution in [0.4, 0.5) is 5.69 Å². The minimum absolute atomic E-state index is 0.383. The molecule has 2 amide bonds. The molecule has 0 spiro atoms. The Bertz CT molecular complexity index is 520. The van der Waals surface area contributed by atoms with Crippen LogP contribution >= 0.6 is 0 Å². The number of carbonyl (C=O) groups is 2. The lowest BCUT2D eigenvalue weighted by Gasteiger charge is -2.14. The van der Waals surface area contributed by atoms with E-state index in [2.05, 4.69) is 17.6 Å². The fraction of sp³-hybridized carbons (Fsp3) is 0.500. The van der Waals surface area contributed by atoms with Crippen molar-refractivity contribution in [2.75, 3.05) is 33.2 Å². The van der Waals surface area contributed by atoms with E-state index in [0.29, 0.717) is 29.5 Å². The molecule has 1 aromatic carbocycles. The molecule has 2 N–H and O–H groups in total. The maximum absolute atomic E-state index is 11.9. The van der Waals surface area contributed by atoms with E-state index in [1.807, 2.05) is 0 Å². The molecule has 23 heavy (non-hydrogen) atoms. The van der Waals surface area contributed by atoms with Crippen molar-refractivity contribution in [3.8, 4) is 17.2 Å². The van der Waals surface area contributed by atoms with E-state index in [9.17, 15) is 9.59 Å². The minimum Gasteiger partial charge on any atom is -0.493 e. The zero-order valence-electron chi connectivity index (χ0n) is 14.0. The topological polar surface area (TPSA) is 85.9 Å². The van der Waals surface area contributed by atoms with E-state index in [-0.39, 0.29) is 0 Å². The Morgan fingerprint density at radius 2 is 1.57 bits per heavy atom. The first-order valence-electron chi connectivity index (χ1n) is 7.46. The number of ether oxygens (including phenoxy) is 3. The Balaban J connectivity index is 2.76. The molecular formula is C16H24N2O5. The highest BCUT2D eigenvalue weighted by atomic mass is 16.5. The van der Waals surface area contributed by atoms with Crippen molar-refractivity contribution < 1.29 is 23.8 Å². The zero-order chi connectivity index (χ0) is 17.2. The van der Waals surface area contributed by atoms with Crippen molar-refractivity contribution in [1.82, 2.24) is 5.32 Å². The van der Waals surface area contributed by atoms with Gasteiger partial charge in [0.1, 0.15) is 0 Å². The summed E-state index contributed by atoms with van der Waals surface area (Å²) in [5.41, 5.74) is 0.383. The number of anilines is 1. The fourth-order valence-electron chi connectivity index (χ4n) is 2.00. The maximum atomic E-state index is 11.9. The second kappa shape index (κ2) is 9.55. The summed E-state index contributed by atoms with van der Waals surface area (Å²) in [6, 6.07) is 3.12. The molecular weight excluding hydrogens is 300 g/mol. The number of unbranched alkanes of at least 4 members (excludes halogenated alkanes) is 2. The van der Waals surface area contributed by atoms with E-state index < -0.39 is 11.8 Å². The largest absolute Gasteiger partial charge is 0.493 e. The Hall–Kier alpha value is -2.44. The van der Waals surface area contributed by atoms with Crippen molar-refractivity contribution in [1.29, 1.82) is 0 Å². The van der Waals surface area contributed by atoms with Crippen molar-refractivity contribution in [2.45, 2.75) is 26.2 Å². The summed E-state index contributed by atoms with van der Waals surface area (Å²) in [5.74, 6) is -0.210. The second-order valence-electron chi connectivity index (χ2n) is 4.83. The number of hydrogen-bond donors (Lipinski definition) is 2. The highest BCUT2D eigenvalue weighted by Gasteiger charge is 2.17. The van der Waals surface area contributed by atoms with Gasteiger partial charge in [0.15, 0.2) is 11.5 Å². The highest BCUT2D eigenvalue weighted by molar-refractivity contribution is 6.39. The van der Waals surface area contributed by atoms with Gasteiger partial charge in [0, 0.05) is 24.4 Å². The summed E-state index contributed by atoms with van der Waals surface area (Å²) in [5, 5.41) is 5.10. The van der Waals surface area contributed by atoms with Crippen LogP contribution in [0.5, 0.6) is 17.2 Å². The molecule has 0 bridgehead atoms. The molecule has 0 aliphatic carbocycles. The molecule has 0 saturated heterocycles. The van der Waals surface area contributed by atoms with Gasteiger partial charge < -0.3 is 24.8 Å². The lowest BCUT2D eigenvalue weighted by atomic mass is 10.2. The van der Waals surface area contributed by atoms with Crippen LogP contribution < -0.4 is 24.8 Å². The van der Waals surface area contributed by atoms with Gasteiger partial charge in [0.2, 0.25) is 5.75 Å². The van der Waals surface area contributed by atoms with Crippen LogP contribution in [-0.2, 0) is 9.59 Å². The lowest BCUT2D eigenvalue weighted by molar-refractivity contribution is -0.136. The Morgan fingerprint density at radius 1 is 0.957 bits per heavy atom. The molecule has 7 heteroatoms. The SMILES string of the molecule is CCCCCNC(=O)C(=O)Nc1cc(OC)c(OC)c(OC)c1. The van der Waals surface area contributed by atoms with E-state index in [0.717, 1.165) is 19.3 Å². The smallest absolute Gasteiger partial charge is 0.313 e. The molecule has 0 saturated carbocycles. The lowest BCUT2D eigenvalue weighted by Crippen LogP contribution is -2.35. The molecule has 1 aromatic rings. The van der Waals surface area contributed by atoms with Crippen LogP contribution in [0.15, 0.2) is 12.1 Å². The Kier molecular flexibility index (Phi) is 7.73. The quantitative estimate of drug-likeness (QED) is 0.564. The first kappa shape index (κ1) is 18.6. The summed E-state index contributed by atoms with van der Waals surface area (Å²) in [4.78, 5) is 23.6. The summed E-state index contributed by atoms with van der Waals surface area (Å²) >= 11 is 0. The molecule has 0 fully saturated rings. The van der Waals surface area contributed by atoms with Gasteiger partial charge in [-0.2, -0.15) is 0 Å². The first-order valence-corrected chi connectivity index (χ1v) is 7.46. The van der Waals surface area contributed by atoms with E-state index in [1.165, 1.54) is 21.3 Å². The third-order valence-electron chi connectivity index (χ3n) is 3.19. The monoisotopic (exact) mass is 324 g/mol. The maximum Gasteiger partial charge on any atom is 0.313 e. The summed E-state index contributed by atoms with van der Waals surface area (Å²) in [6.45, 7) is 2.55. The van der Waals surface area contributed by atoms with E-state index >= 15 is 0 Å². The van der Waals surface area contributed by atoms with Gasteiger partial charge in [0.05, 0.1) is 21.3 Å². The number of carbonyl (C=O) groups excluding carboxylic acids is 2. The molecule has 0 atom stereocenters. The predicted molar refractivity (Wildman–Crippen MR) is 87.3 cm³/mol.